The fourth-order valence-electron chi connectivity index (χ4n) is 2.36. The van der Waals surface area contributed by atoms with Crippen LogP contribution in [0.2, 0.25) is 0 Å². The summed E-state index contributed by atoms with van der Waals surface area (Å²) in [5, 5.41) is 3.03. The Morgan fingerprint density at radius 3 is 2.85 bits per heavy atom. The molecule has 1 aliphatic rings. The van der Waals surface area contributed by atoms with Crippen molar-refractivity contribution >= 4 is 10.0 Å². The highest BCUT2D eigenvalue weighted by atomic mass is 32.2. The second-order valence-electron chi connectivity index (χ2n) is 5.17. The second kappa shape index (κ2) is 6.67. The molecule has 0 aromatic heterocycles. The third kappa shape index (κ3) is 3.79. The number of aryl methyl sites for hydroxylation is 1. The molecule has 0 bridgehead atoms. The van der Waals surface area contributed by atoms with E-state index in [9.17, 15) is 8.42 Å². The van der Waals surface area contributed by atoms with Crippen LogP contribution in [0.5, 0.6) is 0 Å². The van der Waals surface area contributed by atoms with Crippen molar-refractivity contribution in [3.05, 3.63) is 29.3 Å². The van der Waals surface area contributed by atoms with E-state index in [0.29, 0.717) is 18.0 Å². The van der Waals surface area contributed by atoms with Crippen LogP contribution in [0.1, 0.15) is 24.0 Å². The van der Waals surface area contributed by atoms with Gasteiger partial charge in [0.1, 0.15) is 0 Å². The fraction of sp³-hybridized carbons (Fsp3) is 0.571. The van der Waals surface area contributed by atoms with Gasteiger partial charge in [-0.2, -0.15) is 0 Å². The van der Waals surface area contributed by atoms with Crippen LogP contribution in [0.4, 0.5) is 0 Å². The molecule has 2 rings (SSSR count). The van der Waals surface area contributed by atoms with Gasteiger partial charge in [-0.25, -0.2) is 13.1 Å². The SMILES string of the molecule is CNCc1ccc(C)c(S(=O)(=O)NC2CCCOC2)c1. The summed E-state index contributed by atoms with van der Waals surface area (Å²) >= 11 is 0. The number of hydrogen-bond acceptors (Lipinski definition) is 4. The van der Waals surface area contributed by atoms with E-state index >= 15 is 0 Å². The first kappa shape index (κ1) is 15.4. The first-order valence-corrected chi connectivity index (χ1v) is 8.35. The molecule has 1 saturated heterocycles. The van der Waals surface area contributed by atoms with Gasteiger partial charge in [0.05, 0.1) is 11.5 Å². The third-order valence-corrected chi connectivity index (χ3v) is 5.07. The Bertz CT molecular complexity index is 552. The number of hydrogen-bond donors (Lipinski definition) is 2. The topological polar surface area (TPSA) is 67.4 Å². The minimum absolute atomic E-state index is 0.124. The molecule has 0 spiro atoms. The van der Waals surface area contributed by atoms with Crippen LogP contribution in [-0.2, 0) is 21.3 Å². The van der Waals surface area contributed by atoms with Crippen molar-refractivity contribution in [2.24, 2.45) is 0 Å². The van der Waals surface area contributed by atoms with Gasteiger partial charge in [-0.15, -0.1) is 0 Å². The highest BCUT2D eigenvalue weighted by Crippen LogP contribution is 2.19. The molecule has 6 heteroatoms. The summed E-state index contributed by atoms with van der Waals surface area (Å²) in [4.78, 5) is 0.357. The van der Waals surface area contributed by atoms with Crippen molar-refractivity contribution in [2.45, 2.75) is 37.2 Å². The predicted octanol–water partition coefficient (Wildman–Crippen LogP) is 1.17. The van der Waals surface area contributed by atoms with E-state index in [1.165, 1.54) is 0 Å². The molecule has 1 aromatic carbocycles. The van der Waals surface area contributed by atoms with E-state index in [4.69, 9.17) is 4.74 Å². The highest BCUT2D eigenvalue weighted by molar-refractivity contribution is 7.89. The minimum atomic E-state index is -3.49. The number of ether oxygens (including phenoxy) is 1. The lowest BCUT2D eigenvalue weighted by Gasteiger charge is -2.23. The lowest BCUT2D eigenvalue weighted by atomic mass is 10.1. The average Bonchev–Trinajstić information content (AvgIpc) is 2.42. The minimum Gasteiger partial charge on any atom is -0.380 e. The number of rotatable bonds is 5. The van der Waals surface area contributed by atoms with E-state index in [1.807, 2.05) is 26.1 Å². The van der Waals surface area contributed by atoms with E-state index in [1.54, 1.807) is 6.07 Å². The van der Waals surface area contributed by atoms with Crippen LogP contribution in [0.3, 0.4) is 0 Å². The van der Waals surface area contributed by atoms with E-state index in [2.05, 4.69) is 10.0 Å². The Balaban J connectivity index is 2.21. The molecule has 1 aromatic rings. The predicted molar refractivity (Wildman–Crippen MR) is 78.1 cm³/mol. The van der Waals surface area contributed by atoms with Gasteiger partial charge in [0.15, 0.2) is 0 Å². The molecule has 1 unspecified atom stereocenters. The van der Waals surface area contributed by atoms with Crippen molar-refractivity contribution in [1.82, 2.24) is 10.0 Å². The Morgan fingerprint density at radius 2 is 2.20 bits per heavy atom. The van der Waals surface area contributed by atoms with Gasteiger partial charge in [0.25, 0.3) is 0 Å². The van der Waals surface area contributed by atoms with Gasteiger partial charge < -0.3 is 10.1 Å². The Labute approximate surface area is 120 Å². The number of sulfonamides is 1. The smallest absolute Gasteiger partial charge is 0.241 e. The molecule has 5 nitrogen and oxygen atoms in total. The van der Waals surface area contributed by atoms with Gasteiger partial charge in [0.2, 0.25) is 10.0 Å². The first-order valence-electron chi connectivity index (χ1n) is 6.87. The molecular formula is C14H22N2O3S. The zero-order valence-corrected chi connectivity index (χ0v) is 12.8. The quantitative estimate of drug-likeness (QED) is 0.856. The molecule has 1 heterocycles. The maximum atomic E-state index is 12.5. The van der Waals surface area contributed by atoms with Crippen LogP contribution >= 0.6 is 0 Å². The van der Waals surface area contributed by atoms with Gasteiger partial charge in [-0.3, -0.25) is 0 Å². The molecular weight excluding hydrogens is 276 g/mol. The van der Waals surface area contributed by atoms with Crippen LogP contribution in [0, 0.1) is 6.92 Å². The van der Waals surface area contributed by atoms with E-state index in [0.717, 1.165) is 30.6 Å². The normalized spacial score (nSPS) is 20.0. The fourth-order valence-corrected chi connectivity index (χ4v) is 3.91. The zero-order chi connectivity index (χ0) is 14.6. The van der Waals surface area contributed by atoms with Crippen LogP contribution in [0.15, 0.2) is 23.1 Å². The molecule has 0 amide bonds. The summed E-state index contributed by atoms with van der Waals surface area (Å²) in [6.45, 7) is 3.63. The van der Waals surface area contributed by atoms with Gasteiger partial charge >= 0.3 is 0 Å². The largest absolute Gasteiger partial charge is 0.380 e. The Morgan fingerprint density at radius 1 is 1.40 bits per heavy atom. The lowest BCUT2D eigenvalue weighted by molar-refractivity contribution is 0.0774. The maximum Gasteiger partial charge on any atom is 0.241 e. The van der Waals surface area contributed by atoms with Gasteiger partial charge in [-0.1, -0.05) is 12.1 Å². The van der Waals surface area contributed by atoms with Crippen LogP contribution in [0.25, 0.3) is 0 Å². The molecule has 0 radical (unpaired) electrons. The van der Waals surface area contributed by atoms with E-state index in [-0.39, 0.29) is 6.04 Å². The monoisotopic (exact) mass is 298 g/mol. The lowest BCUT2D eigenvalue weighted by Crippen LogP contribution is -2.40. The molecule has 1 aliphatic heterocycles. The molecule has 2 N–H and O–H groups in total. The molecule has 0 aliphatic carbocycles. The van der Waals surface area contributed by atoms with Crippen LogP contribution < -0.4 is 10.0 Å². The summed E-state index contributed by atoms with van der Waals surface area (Å²) in [6.07, 6.45) is 1.72. The second-order valence-corrected chi connectivity index (χ2v) is 6.85. The van der Waals surface area contributed by atoms with Crippen LogP contribution in [-0.4, -0.2) is 34.7 Å². The standard InChI is InChI=1S/C14H22N2O3S/c1-11-5-6-12(9-15-2)8-14(11)20(17,18)16-13-4-3-7-19-10-13/h5-6,8,13,15-16H,3-4,7,9-10H2,1-2H3. The number of benzene rings is 1. The summed E-state index contributed by atoms with van der Waals surface area (Å²) in [6, 6.07) is 5.39. The highest BCUT2D eigenvalue weighted by Gasteiger charge is 2.23. The van der Waals surface area contributed by atoms with Crippen molar-refractivity contribution in [2.75, 3.05) is 20.3 Å². The van der Waals surface area contributed by atoms with E-state index < -0.39 is 10.0 Å². The average molecular weight is 298 g/mol. The Kier molecular flexibility index (Phi) is 5.15. The van der Waals surface area contributed by atoms with Crippen molar-refractivity contribution < 1.29 is 13.2 Å². The molecule has 0 saturated carbocycles. The number of nitrogens with one attached hydrogen (secondary N) is 2. The summed E-state index contributed by atoms with van der Waals surface area (Å²) in [7, 11) is -1.65. The summed E-state index contributed by atoms with van der Waals surface area (Å²) in [5.41, 5.74) is 1.72. The summed E-state index contributed by atoms with van der Waals surface area (Å²) < 4.78 is 33.0. The van der Waals surface area contributed by atoms with Gasteiger partial charge in [-0.05, 0) is 44.0 Å². The molecule has 20 heavy (non-hydrogen) atoms. The van der Waals surface area contributed by atoms with Crippen molar-refractivity contribution in [1.29, 1.82) is 0 Å². The van der Waals surface area contributed by atoms with Crippen molar-refractivity contribution in [3.63, 3.8) is 0 Å². The Hall–Kier alpha value is -0.950. The van der Waals surface area contributed by atoms with Crippen molar-refractivity contribution in [3.8, 4) is 0 Å². The zero-order valence-electron chi connectivity index (χ0n) is 12.0. The molecule has 1 atom stereocenters. The maximum absolute atomic E-state index is 12.5. The summed E-state index contributed by atoms with van der Waals surface area (Å²) in [5.74, 6) is 0. The molecule has 1 fully saturated rings. The first-order chi connectivity index (χ1) is 9.53. The third-order valence-electron chi connectivity index (χ3n) is 3.41. The molecule has 112 valence electrons. The van der Waals surface area contributed by atoms with Gasteiger partial charge in [0, 0.05) is 19.2 Å².